The van der Waals surface area contributed by atoms with Crippen molar-refractivity contribution in [3.05, 3.63) is 60.2 Å². The molecule has 0 bridgehead atoms. The highest BCUT2D eigenvalue weighted by Crippen LogP contribution is 2.24. The van der Waals surface area contributed by atoms with Crippen molar-refractivity contribution in [1.29, 1.82) is 0 Å². The molecule has 0 amide bonds. The molecule has 1 aromatic heterocycles. The van der Waals surface area contributed by atoms with E-state index in [1.54, 1.807) is 17.8 Å². The summed E-state index contributed by atoms with van der Waals surface area (Å²) < 4.78 is 18.3. The van der Waals surface area contributed by atoms with Crippen molar-refractivity contribution in [2.75, 3.05) is 5.73 Å². The number of nitrogens with zero attached hydrogens (tertiary/aromatic N) is 2. The summed E-state index contributed by atoms with van der Waals surface area (Å²) in [4.78, 5) is 5.42. The van der Waals surface area contributed by atoms with E-state index in [1.165, 1.54) is 12.1 Å². The van der Waals surface area contributed by atoms with Crippen LogP contribution >= 0.6 is 11.8 Å². The summed E-state index contributed by atoms with van der Waals surface area (Å²) in [7, 11) is 0. The Morgan fingerprint density at radius 3 is 2.71 bits per heavy atom. The molecule has 6 heteroatoms. The molecule has 0 aliphatic carbocycles. The molecule has 0 saturated heterocycles. The van der Waals surface area contributed by atoms with Gasteiger partial charge in [-0.05, 0) is 30.3 Å². The van der Waals surface area contributed by atoms with Gasteiger partial charge in [0, 0.05) is 10.5 Å². The first-order valence-electron chi connectivity index (χ1n) is 6.28. The van der Waals surface area contributed by atoms with Crippen molar-refractivity contribution in [2.24, 2.45) is 0 Å². The van der Waals surface area contributed by atoms with Crippen molar-refractivity contribution in [1.82, 2.24) is 10.1 Å². The maximum Gasteiger partial charge on any atom is 0.258 e. The number of benzene rings is 2. The Morgan fingerprint density at radius 1 is 1.14 bits per heavy atom. The van der Waals surface area contributed by atoms with Gasteiger partial charge < -0.3 is 10.3 Å². The van der Waals surface area contributed by atoms with Gasteiger partial charge in [0.05, 0.1) is 11.4 Å². The molecule has 0 aliphatic rings. The number of hydrogen-bond donors (Lipinski definition) is 1. The molecule has 106 valence electrons. The van der Waals surface area contributed by atoms with E-state index in [0.717, 1.165) is 4.90 Å². The summed E-state index contributed by atoms with van der Waals surface area (Å²) in [5.74, 6) is 1.06. The van der Waals surface area contributed by atoms with Gasteiger partial charge in [0.1, 0.15) is 5.82 Å². The molecular weight excluding hydrogens is 289 g/mol. The van der Waals surface area contributed by atoms with Crippen LogP contribution in [0.25, 0.3) is 11.5 Å². The van der Waals surface area contributed by atoms with Gasteiger partial charge in [-0.3, -0.25) is 0 Å². The third-order valence-electron chi connectivity index (χ3n) is 2.82. The smallest absolute Gasteiger partial charge is 0.258 e. The van der Waals surface area contributed by atoms with Gasteiger partial charge in [-0.25, -0.2) is 4.39 Å². The van der Waals surface area contributed by atoms with Crippen molar-refractivity contribution in [3.8, 4) is 11.5 Å². The molecule has 0 spiro atoms. The van der Waals surface area contributed by atoms with Crippen LogP contribution in [0.3, 0.4) is 0 Å². The first-order valence-corrected chi connectivity index (χ1v) is 7.27. The third kappa shape index (κ3) is 3.22. The third-order valence-corrected chi connectivity index (χ3v) is 3.83. The summed E-state index contributed by atoms with van der Waals surface area (Å²) >= 11 is 1.62. The Kier molecular flexibility index (Phi) is 3.87. The summed E-state index contributed by atoms with van der Waals surface area (Å²) in [6.07, 6.45) is 0. The zero-order chi connectivity index (χ0) is 14.7. The highest BCUT2D eigenvalue weighted by molar-refractivity contribution is 7.98. The van der Waals surface area contributed by atoms with Crippen LogP contribution in [0.2, 0.25) is 0 Å². The number of thioether (sulfide) groups is 1. The zero-order valence-corrected chi connectivity index (χ0v) is 11.8. The predicted octanol–water partition coefficient (Wildman–Crippen LogP) is 3.75. The Morgan fingerprint density at radius 2 is 1.95 bits per heavy atom. The van der Waals surface area contributed by atoms with E-state index in [9.17, 15) is 4.39 Å². The van der Waals surface area contributed by atoms with E-state index in [0.29, 0.717) is 23.0 Å². The summed E-state index contributed by atoms with van der Waals surface area (Å²) in [5.41, 5.74) is 6.20. The molecule has 1 heterocycles. The molecule has 3 rings (SSSR count). The lowest BCUT2D eigenvalue weighted by Crippen LogP contribution is -1.91. The fourth-order valence-corrected chi connectivity index (χ4v) is 2.53. The molecule has 0 fully saturated rings. The minimum atomic E-state index is -0.460. The van der Waals surface area contributed by atoms with E-state index in [1.807, 2.05) is 30.3 Å². The fourth-order valence-electron chi connectivity index (χ4n) is 1.77. The summed E-state index contributed by atoms with van der Waals surface area (Å²) in [5, 5.41) is 3.92. The molecule has 0 saturated carbocycles. The molecule has 0 unspecified atom stereocenters. The van der Waals surface area contributed by atoms with Crippen LogP contribution in [-0.2, 0) is 5.75 Å². The number of rotatable bonds is 4. The van der Waals surface area contributed by atoms with Crippen molar-refractivity contribution >= 4 is 17.4 Å². The van der Waals surface area contributed by atoms with Crippen molar-refractivity contribution in [2.45, 2.75) is 10.6 Å². The molecule has 0 atom stereocenters. The Bertz CT molecular complexity index is 746. The number of aromatic nitrogens is 2. The van der Waals surface area contributed by atoms with E-state index >= 15 is 0 Å². The van der Waals surface area contributed by atoms with Crippen LogP contribution in [0.4, 0.5) is 10.1 Å². The first-order chi connectivity index (χ1) is 10.2. The van der Waals surface area contributed by atoms with Gasteiger partial charge in [-0.15, -0.1) is 11.8 Å². The van der Waals surface area contributed by atoms with Gasteiger partial charge >= 0.3 is 0 Å². The normalized spacial score (nSPS) is 10.7. The number of nitrogens with two attached hydrogens (primary N) is 1. The number of nitrogen functional groups attached to an aromatic ring is 1. The van der Waals surface area contributed by atoms with Crippen LogP contribution in [0.1, 0.15) is 5.82 Å². The zero-order valence-electron chi connectivity index (χ0n) is 11.0. The number of halogens is 1. The van der Waals surface area contributed by atoms with Crippen LogP contribution in [0.15, 0.2) is 57.9 Å². The minimum absolute atomic E-state index is 0.0610. The molecule has 21 heavy (non-hydrogen) atoms. The van der Waals surface area contributed by atoms with Crippen LogP contribution in [0, 0.1) is 5.82 Å². The maximum atomic E-state index is 13.1. The highest BCUT2D eigenvalue weighted by Gasteiger charge is 2.10. The highest BCUT2D eigenvalue weighted by atomic mass is 32.2. The molecule has 3 aromatic rings. The second-order valence-electron chi connectivity index (χ2n) is 4.35. The molecular formula is C15H12FN3OS. The maximum absolute atomic E-state index is 13.1. The second-order valence-corrected chi connectivity index (χ2v) is 5.40. The fraction of sp³-hybridized carbons (Fsp3) is 0.0667. The summed E-state index contributed by atoms with van der Waals surface area (Å²) in [6, 6.07) is 14.3. The monoisotopic (exact) mass is 301 g/mol. The number of anilines is 1. The van der Waals surface area contributed by atoms with Gasteiger partial charge in [0.2, 0.25) is 0 Å². The van der Waals surface area contributed by atoms with Crippen molar-refractivity contribution < 1.29 is 8.91 Å². The van der Waals surface area contributed by atoms with E-state index < -0.39 is 5.82 Å². The SMILES string of the molecule is Nc1cc(-c2nc(CSc3ccccc3)no2)ccc1F. The van der Waals surface area contributed by atoms with Gasteiger partial charge in [-0.1, -0.05) is 23.4 Å². The number of hydrogen-bond acceptors (Lipinski definition) is 5. The second kappa shape index (κ2) is 5.97. The Hall–Kier alpha value is -2.34. The lowest BCUT2D eigenvalue weighted by atomic mass is 10.2. The van der Waals surface area contributed by atoms with E-state index in [4.69, 9.17) is 10.3 Å². The Labute approximate surface area is 125 Å². The molecule has 2 N–H and O–H groups in total. The standard InChI is InChI=1S/C15H12FN3OS/c16-12-7-6-10(8-13(12)17)15-18-14(19-20-15)9-21-11-4-2-1-3-5-11/h1-8H,9,17H2. The van der Waals surface area contributed by atoms with Crippen LogP contribution in [0.5, 0.6) is 0 Å². The van der Waals surface area contributed by atoms with Crippen LogP contribution < -0.4 is 5.73 Å². The molecule has 4 nitrogen and oxygen atoms in total. The quantitative estimate of drug-likeness (QED) is 0.587. The average molecular weight is 301 g/mol. The predicted molar refractivity (Wildman–Crippen MR) is 80.1 cm³/mol. The largest absolute Gasteiger partial charge is 0.396 e. The lowest BCUT2D eigenvalue weighted by Gasteiger charge is -1.98. The minimum Gasteiger partial charge on any atom is -0.396 e. The van der Waals surface area contributed by atoms with E-state index in [2.05, 4.69) is 10.1 Å². The summed E-state index contributed by atoms with van der Waals surface area (Å²) in [6.45, 7) is 0. The molecule has 2 aromatic carbocycles. The van der Waals surface area contributed by atoms with Gasteiger partial charge in [0.15, 0.2) is 5.82 Å². The molecule has 0 aliphatic heterocycles. The average Bonchev–Trinajstić information content (AvgIpc) is 2.98. The van der Waals surface area contributed by atoms with Crippen LogP contribution in [-0.4, -0.2) is 10.1 Å². The topological polar surface area (TPSA) is 64.9 Å². The van der Waals surface area contributed by atoms with Gasteiger partial charge in [-0.2, -0.15) is 4.98 Å². The van der Waals surface area contributed by atoms with Gasteiger partial charge in [0.25, 0.3) is 5.89 Å². The lowest BCUT2D eigenvalue weighted by molar-refractivity contribution is 0.425. The van der Waals surface area contributed by atoms with E-state index in [-0.39, 0.29) is 5.69 Å². The molecule has 0 radical (unpaired) electrons. The van der Waals surface area contributed by atoms with Crippen molar-refractivity contribution in [3.63, 3.8) is 0 Å². The Balaban J connectivity index is 1.72. The first kappa shape index (κ1) is 13.6.